The molecule has 0 saturated heterocycles. The maximum atomic E-state index is 12.0. The number of likely N-dealkylation sites (N-methyl/N-ethyl adjacent to an activating group) is 1. The maximum absolute atomic E-state index is 12.0. The molecule has 0 heterocycles. The van der Waals surface area contributed by atoms with Crippen LogP contribution in [0, 0.1) is 0 Å². The normalized spacial score (nSPS) is 11.9. The molecule has 0 bridgehead atoms. The number of benzene rings is 1. The fourth-order valence-corrected chi connectivity index (χ4v) is 1.66. The van der Waals surface area contributed by atoms with Gasteiger partial charge in [0.15, 0.2) is 0 Å². The highest BCUT2D eigenvalue weighted by atomic mass is 16.2. The highest BCUT2D eigenvalue weighted by Crippen LogP contribution is 2.06. The van der Waals surface area contributed by atoms with Gasteiger partial charge in [0.1, 0.15) is 0 Å². The standard InChI is InChI=1S/C14H20N2O/c1-3-8-13(15)14(17)16(4-2)11-12-9-6-5-7-10-12/h3,5-7,9-10,13H,1,4,8,11,15H2,2H3. The Morgan fingerprint density at radius 3 is 2.65 bits per heavy atom. The summed E-state index contributed by atoms with van der Waals surface area (Å²) >= 11 is 0. The van der Waals surface area contributed by atoms with Crippen molar-refractivity contribution in [2.75, 3.05) is 6.54 Å². The van der Waals surface area contributed by atoms with Gasteiger partial charge in [0.2, 0.25) is 5.91 Å². The predicted molar refractivity (Wildman–Crippen MR) is 70.3 cm³/mol. The van der Waals surface area contributed by atoms with Gasteiger partial charge in [-0.3, -0.25) is 4.79 Å². The predicted octanol–water partition coefficient (Wildman–Crippen LogP) is 1.94. The molecule has 0 aromatic heterocycles. The highest BCUT2D eigenvalue weighted by molar-refractivity contribution is 5.81. The van der Waals surface area contributed by atoms with E-state index < -0.39 is 6.04 Å². The third-order valence-electron chi connectivity index (χ3n) is 2.65. The fraction of sp³-hybridized carbons (Fsp3) is 0.357. The minimum absolute atomic E-state index is 0.0174. The molecular formula is C14H20N2O. The molecule has 1 aromatic rings. The smallest absolute Gasteiger partial charge is 0.240 e. The molecule has 17 heavy (non-hydrogen) atoms. The van der Waals surface area contributed by atoms with E-state index in [-0.39, 0.29) is 5.91 Å². The summed E-state index contributed by atoms with van der Waals surface area (Å²) in [4.78, 5) is 13.8. The van der Waals surface area contributed by atoms with E-state index in [1.165, 1.54) is 0 Å². The first-order valence-electron chi connectivity index (χ1n) is 5.88. The Balaban J connectivity index is 2.65. The van der Waals surface area contributed by atoms with Gasteiger partial charge < -0.3 is 10.6 Å². The fourth-order valence-electron chi connectivity index (χ4n) is 1.66. The summed E-state index contributed by atoms with van der Waals surface area (Å²) < 4.78 is 0. The van der Waals surface area contributed by atoms with E-state index in [0.717, 1.165) is 5.56 Å². The number of hydrogen-bond acceptors (Lipinski definition) is 2. The number of rotatable bonds is 6. The zero-order valence-corrected chi connectivity index (χ0v) is 10.3. The van der Waals surface area contributed by atoms with Crippen molar-refractivity contribution < 1.29 is 4.79 Å². The molecule has 2 N–H and O–H groups in total. The minimum Gasteiger partial charge on any atom is -0.337 e. The van der Waals surface area contributed by atoms with Crippen molar-refractivity contribution in [2.45, 2.75) is 25.9 Å². The molecule has 0 saturated carbocycles. The van der Waals surface area contributed by atoms with Gasteiger partial charge in [-0.05, 0) is 18.9 Å². The van der Waals surface area contributed by atoms with E-state index in [1.807, 2.05) is 37.3 Å². The third kappa shape index (κ3) is 4.04. The Morgan fingerprint density at radius 1 is 1.47 bits per heavy atom. The number of nitrogens with two attached hydrogens (primary N) is 1. The minimum atomic E-state index is -0.476. The Labute approximate surface area is 103 Å². The van der Waals surface area contributed by atoms with Crippen molar-refractivity contribution in [3.63, 3.8) is 0 Å². The second kappa shape index (κ2) is 6.86. The molecule has 1 unspecified atom stereocenters. The van der Waals surface area contributed by atoms with Crippen LogP contribution in [0.2, 0.25) is 0 Å². The lowest BCUT2D eigenvalue weighted by Gasteiger charge is -2.24. The monoisotopic (exact) mass is 232 g/mol. The van der Waals surface area contributed by atoms with Crippen LogP contribution in [0.15, 0.2) is 43.0 Å². The van der Waals surface area contributed by atoms with Gasteiger partial charge in [0.05, 0.1) is 6.04 Å². The van der Waals surface area contributed by atoms with E-state index in [9.17, 15) is 4.79 Å². The zero-order valence-electron chi connectivity index (χ0n) is 10.3. The van der Waals surface area contributed by atoms with Crippen LogP contribution in [-0.4, -0.2) is 23.4 Å². The third-order valence-corrected chi connectivity index (χ3v) is 2.65. The van der Waals surface area contributed by atoms with Gasteiger partial charge in [-0.25, -0.2) is 0 Å². The molecule has 0 spiro atoms. The summed E-state index contributed by atoms with van der Waals surface area (Å²) in [5.41, 5.74) is 6.91. The van der Waals surface area contributed by atoms with Gasteiger partial charge in [0.25, 0.3) is 0 Å². The first-order chi connectivity index (χ1) is 8.19. The summed E-state index contributed by atoms with van der Waals surface area (Å²) in [5.74, 6) is -0.0174. The van der Waals surface area contributed by atoms with Crippen LogP contribution >= 0.6 is 0 Å². The van der Waals surface area contributed by atoms with Crippen molar-refractivity contribution in [2.24, 2.45) is 5.73 Å². The zero-order chi connectivity index (χ0) is 12.7. The van der Waals surface area contributed by atoms with Crippen molar-refractivity contribution in [1.29, 1.82) is 0 Å². The first-order valence-corrected chi connectivity index (χ1v) is 5.88. The summed E-state index contributed by atoms with van der Waals surface area (Å²) in [7, 11) is 0. The second-order valence-corrected chi connectivity index (χ2v) is 3.97. The second-order valence-electron chi connectivity index (χ2n) is 3.97. The average Bonchev–Trinajstić information content (AvgIpc) is 2.36. The molecule has 92 valence electrons. The van der Waals surface area contributed by atoms with Gasteiger partial charge in [0, 0.05) is 13.1 Å². The highest BCUT2D eigenvalue weighted by Gasteiger charge is 2.18. The average molecular weight is 232 g/mol. The van der Waals surface area contributed by atoms with Crippen molar-refractivity contribution in [3.05, 3.63) is 48.6 Å². The number of hydrogen-bond donors (Lipinski definition) is 1. The van der Waals surface area contributed by atoms with Crippen molar-refractivity contribution >= 4 is 5.91 Å². The molecule has 0 fully saturated rings. The van der Waals surface area contributed by atoms with E-state index in [2.05, 4.69) is 6.58 Å². The van der Waals surface area contributed by atoms with Crippen LogP contribution in [0.25, 0.3) is 0 Å². The topological polar surface area (TPSA) is 46.3 Å². The quantitative estimate of drug-likeness (QED) is 0.762. The lowest BCUT2D eigenvalue weighted by atomic mass is 10.1. The van der Waals surface area contributed by atoms with Gasteiger partial charge in [-0.2, -0.15) is 0 Å². The Hall–Kier alpha value is -1.61. The van der Waals surface area contributed by atoms with Crippen LogP contribution in [0.5, 0.6) is 0 Å². The van der Waals surface area contributed by atoms with Gasteiger partial charge in [-0.15, -0.1) is 6.58 Å². The van der Waals surface area contributed by atoms with Crippen LogP contribution in [0.4, 0.5) is 0 Å². The lowest BCUT2D eigenvalue weighted by Crippen LogP contribution is -2.43. The van der Waals surface area contributed by atoms with E-state index in [4.69, 9.17) is 5.73 Å². The van der Waals surface area contributed by atoms with E-state index >= 15 is 0 Å². The molecule has 3 nitrogen and oxygen atoms in total. The number of carbonyl (C=O) groups is 1. The molecule has 3 heteroatoms. The Bertz CT molecular complexity index is 362. The number of nitrogens with zero attached hydrogens (tertiary/aromatic N) is 1. The Morgan fingerprint density at radius 2 is 2.12 bits per heavy atom. The van der Waals surface area contributed by atoms with E-state index in [1.54, 1.807) is 11.0 Å². The van der Waals surface area contributed by atoms with Crippen LogP contribution < -0.4 is 5.73 Å². The molecule has 1 aromatic carbocycles. The molecular weight excluding hydrogens is 212 g/mol. The summed E-state index contributed by atoms with van der Waals surface area (Å²) in [5, 5.41) is 0. The molecule has 0 aliphatic rings. The first kappa shape index (κ1) is 13.5. The van der Waals surface area contributed by atoms with Crippen molar-refractivity contribution in [3.8, 4) is 0 Å². The Kier molecular flexibility index (Phi) is 5.43. The maximum Gasteiger partial charge on any atom is 0.240 e. The molecule has 0 aliphatic heterocycles. The molecule has 0 aliphatic carbocycles. The molecule has 1 amide bonds. The number of carbonyl (C=O) groups excluding carboxylic acids is 1. The SMILES string of the molecule is C=CCC(N)C(=O)N(CC)Cc1ccccc1. The van der Waals surface area contributed by atoms with Crippen LogP contribution in [0.1, 0.15) is 18.9 Å². The molecule has 1 rings (SSSR count). The summed E-state index contributed by atoms with van der Waals surface area (Å²) in [6.45, 7) is 6.84. The molecule has 1 atom stereocenters. The number of amides is 1. The molecule has 0 radical (unpaired) electrons. The summed E-state index contributed by atoms with van der Waals surface area (Å²) in [6.07, 6.45) is 2.20. The van der Waals surface area contributed by atoms with Crippen LogP contribution in [-0.2, 0) is 11.3 Å². The van der Waals surface area contributed by atoms with Crippen LogP contribution in [0.3, 0.4) is 0 Å². The van der Waals surface area contributed by atoms with Gasteiger partial charge >= 0.3 is 0 Å². The summed E-state index contributed by atoms with van der Waals surface area (Å²) in [6, 6.07) is 9.44. The largest absolute Gasteiger partial charge is 0.337 e. The van der Waals surface area contributed by atoms with E-state index in [0.29, 0.717) is 19.5 Å². The van der Waals surface area contributed by atoms with Crippen molar-refractivity contribution in [1.82, 2.24) is 4.90 Å². The van der Waals surface area contributed by atoms with Gasteiger partial charge in [-0.1, -0.05) is 36.4 Å². The lowest BCUT2D eigenvalue weighted by molar-refractivity contribution is -0.132.